The smallest absolute Gasteiger partial charge is 0.0979 e. The molecule has 0 aliphatic carbocycles. The first-order valence-corrected chi connectivity index (χ1v) is 7.87. The van der Waals surface area contributed by atoms with E-state index >= 15 is 0 Å². The first-order chi connectivity index (χ1) is 9.39. The average Bonchev–Trinajstić information content (AvgIpc) is 2.40. The maximum atomic E-state index is 6.37. The average molecular weight is 275 g/mol. The number of aryl methyl sites for hydroxylation is 1. The SMILES string of the molecule is CCc1ccc(C2OC(CC(C)(C)C)CNC2C)cc1. The van der Waals surface area contributed by atoms with Gasteiger partial charge in [-0.1, -0.05) is 52.0 Å². The molecule has 1 aliphatic rings. The molecular weight excluding hydrogens is 246 g/mol. The van der Waals surface area contributed by atoms with Crippen molar-refractivity contribution >= 4 is 0 Å². The fourth-order valence-electron chi connectivity index (χ4n) is 2.91. The summed E-state index contributed by atoms with van der Waals surface area (Å²) in [6, 6.07) is 9.26. The largest absolute Gasteiger partial charge is 0.367 e. The van der Waals surface area contributed by atoms with Crippen LogP contribution in [0.3, 0.4) is 0 Å². The highest BCUT2D eigenvalue weighted by atomic mass is 16.5. The Kier molecular flexibility index (Phi) is 4.87. The zero-order chi connectivity index (χ0) is 14.8. The van der Waals surface area contributed by atoms with Crippen molar-refractivity contribution in [1.82, 2.24) is 5.32 Å². The van der Waals surface area contributed by atoms with Crippen molar-refractivity contribution in [2.45, 2.75) is 65.7 Å². The van der Waals surface area contributed by atoms with Crippen LogP contribution >= 0.6 is 0 Å². The third kappa shape index (κ3) is 4.07. The molecule has 0 radical (unpaired) electrons. The van der Waals surface area contributed by atoms with Crippen LogP contribution in [-0.4, -0.2) is 18.7 Å². The molecular formula is C18H29NO. The molecule has 1 aliphatic heterocycles. The number of benzene rings is 1. The number of nitrogens with one attached hydrogen (secondary N) is 1. The molecule has 0 bridgehead atoms. The molecule has 1 fully saturated rings. The Labute approximate surface area is 123 Å². The zero-order valence-electron chi connectivity index (χ0n) is 13.6. The molecule has 0 aromatic heterocycles. The van der Waals surface area contributed by atoms with Gasteiger partial charge in [-0.05, 0) is 36.3 Å². The second kappa shape index (κ2) is 6.28. The van der Waals surface area contributed by atoms with Crippen LogP contribution in [0.1, 0.15) is 58.3 Å². The quantitative estimate of drug-likeness (QED) is 0.896. The number of ether oxygens (including phenoxy) is 1. The highest BCUT2D eigenvalue weighted by Crippen LogP contribution is 2.31. The molecule has 1 heterocycles. The van der Waals surface area contributed by atoms with Crippen molar-refractivity contribution in [3.8, 4) is 0 Å². The van der Waals surface area contributed by atoms with E-state index in [-0.39, 0.29) is 6.10 Å². The van der Waals surface area contributed by atoms with Gasteiger partial charge in [-0.15, -0.1) is 0 Å². The Morgan fingerprint density at radius 1 is 1.20 bits per heavy atom. The van der Waals surface area contributed by atoms with Gasteiger partial charge in [-0.3, -0.25) is 0 Å². The van der Waals surface area contributed by atoms with Crippen molar-refractivity contribution in [3.05, 3.63) is 35.4 Å². The summed E-state index contributed by atoms with van der Waals surface area (Å²) in [5, 5.41) is 3.61. The highest BCUT2D eigenvalue weighted by molar-refractivity contribution is 5.25. The molecule has 20 heavy (non-hydrogen) atoms. The lowest BCUT2D eigenvalue weighted by atomic mass is 9.88. The van der Waals surface area contributed by atoms with Gasteiger partial charge in [-0.25, -0.2) is 0 Å². The van der Waals surface area contributed by atoms with Gasteiger partial charge in [0.25, 0.3) is 0 Å². The molecule has 1 aromatic rings. The van der Waals surface area contributed by atoms with Gasteiger partial charge in [0.05, 0.1) is 12.2 Å². The van der Waals surface area contributed by atoms with E-state index in [9.17, 15) is 0 Å². The number of hydrogen-bond acceptors (Lipinski definition) is 2. The molecule has 0 spiro atoms. The van der Waals surface area contributed by atoms with Crippen LogP contribution in [0.5, 0.6) is 0 Å². The van der Waals surface area contributed by atoms with Crippen molar-refractivity contribution < 1.29 is 4.74 Å². The number of hydrogen-bond donors (Lipinski definition) is 1. The van der Waals surface area contributed by atoms with Crippen molar-refractivity contribution in [2.24, 2.45) is 5.41 Å². The Balaban J connectivity index is 2.08. The normalized spacial score (nSPS) is 27.6. The van der Waals surface area contributed by atoms with Gasteiger partial charge in [0.15, 0.2) is 0 Å². The van der Waals surface area contributed by atoms with Gasteiger partial charge in [-0.2, -0.15) is 0 Å². The number of rotatable bonds is 3. The topological polar surface area (TPSA) is 21.3 Å². The first-order valence-electron chi connectivity index (χ1n) is 7.87. The van der Waals surface area contributed by atoms with E-state index in [1.807, 2.05) is 0 Å². The lowest BCUT2D eigenvalue weighted by molar-refractivity contribution is -0.0755. The molecule has 0 amide bonds. The molecule has 1 aromatic carbocycles. The minimum Gasteiger partial charge on any atom is -0.367 e. The Morgan fingerprint density at radius 3 is 2.40 bits per heavy atom. The molecule has 112 valence electrons. The van der Waals surface area contributed by atoms with E-state index < -0.39 is 0 Å². The van der Waals surface area contributed by atoms with Crippen molar-refractivity contribution in [1.29, 1.82) is 0 Å². The summed E-state index contributed by atoms with van der Waals surface area (Å²) in [5.74, 6) is 0. The molecule has 2 heteroatoms. The van der Waals surface area contributed by atoms with E-state index in [2.05, 4.69) is 64.2 Å². The van der Waals surface area contributed by atoms with Gasteiger partial charge in [0.1, 0.15) is 0 Å². The zero-order valence-corrected chi connectivity index (χ0v) is 13.6. The lowest BCUT2D eigenvalue weighted by Crippen LogP contribution is -2.47. The highest BCUT2D eigenvalue weighted by Gasteiger charge is 2.31. The lowest BCUT2D eigenvalue weighted by Gasteiger charge is -2.38. The fraction of sp³-hybridized carbons (Fsp3) is 0.667. The second-order valence-electron chi connectivity index (χ2n) is 7.24. The summed E-state index contributed by atoms with van der Waals surface area (Å²) >= 11 is 0. The summed E-state index contributed by atoms with van der Waals surface area (Å²) in [7, 11) is 0. The molecule has 2 nitrogen and oxygen atoms in total. The molecule has 1 saturated heterocycles. The Morgan fingerprint density at radius 2 is 1.85 bits per heavy atom. The van der Waals surface area contributed by atoms with E-state index in [1.54, 1.807) is 0 Å². The fourth-order valence-corrected chi connectivity index (χ4v) is 2.91. The molecule has 1 N–H and O–H groups in total. The van der Waals surface area contributed by atoms with Crippen LogP contribution in [0.15, 0.2) is 24.3 Å². The second-order valence-corrected chi connectivity index (χ2v) is 7.24. The number of morpholine rings is 1. The molecule has 3 unspecified atom stereocenters. The Bertz CT molecular complexity index is 418. The summed E-state index contributed by atoms with van der Waals surface area (Å²) in [4.78, 5) is 0. The van der Waals surface area contributed by atoms with Gasteiger partial charge in [0, 0.05) is 12.6 Å². The van der Waals surface area contributed by atoms with Crippen LogP contribution in [0, 0.1) is 5.41 Å². The van der Waals surface area contributed by atoms with Crippen molar-refractivity contribution in [3.63, 3.8) is 0 Å². The predicted molar refractivity (Wildman–Crippen MR) is 85.0 cm³/mol. The van der Waals surface area contributed by atoms with Crippen LogP contribution in [0.2, 0.25) is 0 Å². The molecule has 2 rings (SSSR count). The minimum absolute atomic E-state index is 0.169. The van der Waals surface area contributed by atoms with Crippen LogP contribution < -0.4 is 5.32 Å². The summed E-state index contributed by atoms with van der Waals surface area (Å²) in [6.07, 6.45) is 2.66. The van der Waals surface area contributed by atoms with Crippen LogP contribution in [0.4, 0.5) is 0 Å². The van der Waals surface area contributed by atoms with E-state index in [4.69, 9.17) is 4.74 Å². The minimum atomic E-state index is 0.169. The maximum absolute atomic E-state index is 6.37. The van der Waals surface area contributed by atoms with Gasteiger partial charge < -0.3 is 10.1 Å². The van der Waals surface area contributed by atoms with E-state index in [1.165, 1.54) is 11.1 Å². The molecule has 0 saturated carbocycles. The van der Waals surface area contributed by atoms with Crippen molar-refractivity contribution in [2.75, 3.05) is 6.54 Å². The Hall–Kier alpha value is -0.860. The van der Waals surface area contributed by atoms with Crippen LogP contribution in [-0.2, 0) is 11.2 Å². The third-order valence-electron chi connectivity index (χ3n) is 4.02. The molecule has 3 atom stereocenters. The van der Waals surface area contributed by atoms with E-state index in [0.29, 0.717) is 17.6 Å². The third-order valence-corrected chi connectivity index (χ3v) is 4.02. The predicted octanol–water partition coefficient (Wildman–Crippen LogP) is 4.10. The van der Waals surface area contributed by atoms with Crippen LogP contribution in [0.25, 0.3) is 0 Å². The summed E-state index contributed by atoms with van der Waals surface area (Å²) in [6.45, 7) is 12.2. The van der Waals surface area contributed by atoms with Gasteiger partial charge in [0.2, 0.25) is 0 Å². The first kappa shape index (κ1) is 15.5. The maximum Gasteiger partial charge on any atom is 0.0979 e. The monoisotopic (exact) mass is 275 g/mol. The standard InChI is InChI=1S/C18H29NO/c1-6-14-7-9-15(10-8-14)17-13(2)19-12-16(20-17)11-18(3,4)5/h7-10,13,16-17,19H,6,11-12H2,1-5H3. The summed E-state index contributed by atoms with van der Waals surface area (Å²) in [5.41, 5.74) is 2.99. The van der Waals surface area contributed by atoms with Gasteiger partial charge >= 0.3 is 0 Å². The van der Waals surface area contributed by atoms with E-state index in [0.717, 1.165) is 19.4 Å². The summed E-state index contributed by atoms with van der Waals surface area (Å²) < 4.78 is 6.37.